The third-order valence-electron chi connectivity index (χ3n) is 2.84. The summed E-state index contributed by atoms with van der Waals surface area (Å²) in [6.45, 7) is 4.81. The van der Waals surface area contributed by atoms with Crippen molar-refractivity contribution in [1.82, 2.24) is 0 Å². The van der Waals surface area contributed by atoms with E-state index in [9.17, 15) is 0 Å². The van der Waals surface area contributed by atoms with Crippen molar-refractivity contribution in [3.8, 4) is 0 Å². The molecule has 0 heterocycles. The van der Waals surface area contributed by atoms with Crippen LogP contribution in [0.3, 0.4) is 0 Å². The Morgan fingerprint density at radius 3 is 2.71 bits per heavy atom. The van der Waals surface area contributed by atoms with Gasteiger partial charge in [0.2, 0.25) is 0 Å². The number of hydrogen-bond acceptors (Lipinski definition) is 3. The van der Waals surface area contributed by atoms with Gasteiger partial charge in [-0.15, -0.1) is 0 Å². The summed E-state index contributed by atoms with van der Waals surface area (Å²) in [7, 11) is 1.68. The van der Waals surface area contributed by atoms with Crippen LogP contribution in [0.1, 0.15) is 23.5 Å². The average Bonchev–Trinajstić information content (AvgIpc) is 2.34. The van der Waals surface area contributed by atoms with E-state index < -0.39 is 0 Å². The third-order valence-corrected chi connectivity index (χ3v) is 2.84. The lowest BCUT2D eigenvalue weighted by Crippen LogP contribution is -2.15. The highest BCUT2D eigenvalue weighted by atomic mass is 16.5. The average molecular weight is 237 g/mol. The standard InChI is InChI=1S/C14H23NO2/c1-12-4-3-5-13(10-12)14(11-15)6-7-17-9-8-16-2/h3-5,10,14H,6-9,11,15H2,1-2H3. The van der Waals surface area contributed by atoms with Crippen LogP contribution >= 0.6 is 0 Å². The van der Waals surface area contributed by atoms with Crippen molar-refractivity contribution in [1.29, 1.82) is 0 Å². The molecule has 0 aliphatic heterocycles. The minimum Gasteiger partial charge on any atom is -0.382 e. The molecule has 1 aromatic rings. The van der Waals surface area contributed by atoms with E-state index in [-0.39, 0.29) is 0 Å². The number of aryl methyl sites for hydroxylation is 1. The summed E-state index contributed by atoms with van der Waals surface area (Å²) in [6.07, 6.45) is 0.962. The second kappa shape index (κ2) is 8.23. The molecule has 1 unspecified atom stereocenters. The van der Waals surface area contributed by atoms with E-state index in [2.05, 4.69) is 31.2 Å². The number of rotatable bonds is 8. The monoisotopic (exact) mass is 237 g/mol. The maximum atomic E-state index is 5.82. The van der Waals surface area contributed by atoms with Gasteiger partial charge in [0, 0.05) is 13.7 Å². The molecule has 0 aliphatic carbocycles. The second-order valence-corrected chi connectivity index (χ2v) is 4.24. The zero-order valence-electron chi connectivity index (χ0n) is 10.8. The fourth-order valence-electron chi connectivity index (χ4n) is 1.81. The molecule has 0 saturated carbocycles. The highest BCUT2D eigenvalue weighted by Gasteiger charge is 2.09. The van der Waals surface area contributed by atoms with Gasteiger partial charge in [0.1, 0.15) is 0 Å². The number of methoxy groups -OCH3 is 1. The second-order valence-electron chi connectivity index (χ2n) is 4.24. The summed E-state index contributed by atoms with van der Waals surface area (Å²) in [5.41, 5.74) is 8.40. The van der Waals surface area contributed by atoms with Gasteiger partial charge in [-0.3, -0.25) is 0 Å². The molecule has 0 saturated heterocycles. The van der Waals surface area contributed by atoms with Crippen LogP contribution in [-0.4, -0.2) is 33.5 Å². The van der Waals surface area contributed by atoms with Gasteiger partial charge in [-0.05, 0) is 31.4 Å². The van der Waals surface area contributed by atoms with Crippen molar-refractivity contribution in [2.24, 2.45) is 5.73 Å². The summed E-state index contributed by atoms with van der Waals surface area (Å²) in [5.74, 6) is 0.387. The maximum absolute atomic E-state index is 5.82. The summed E-state index contributed by atoms with van der Waals surface area (Å²) >= 11 is 0. The van der Waals surface area contributed by atoms with Crippen LogP contribution in [-0.2, 0) is 9.47 Å². The van der Waals surface area contributed by atoms with Crippen molar-refractivity contribution in [2.45, 2.75) is 19.3 Å². The smallest absolute Gasteiger partial charge is 0.0700 e. The molecule has 0 fully saturated rings. The van der Waals surface area contributed by atoms with Crippen molar-refractivity contribution in [2.75, 3.05) is 33.5 Å². The van der Waals surface area contributed by atoms with Gasteiger partial charge in [-0.1, -0.05) is 29.8 Å². The topological polar surface area (TPSA) is 44.5 Å². The first-order chi connectivity index (χ1) is 8.27. The Balaban J connectivity index is 2.38. The minimum atomic E-state index is 0.387. The van der Waals surface area contributed by atoms with E-state index in [4.69, 9.17) is 15.2 Å². The summed E-state index contributed by atoms with van der Waals surface area (Å²) in [5, 5.41) is 0. The molecular weight excluding hydrogens is 214 g/mol. The van der Waals surface area contributed by atoms with Crippen LogP contribution in [0, 0.1) is 6.92 Å². The molecule has 0 aliphatic rings. The molecule has 0 aromatic heterocycles. The van der Waals surface area contributed by atoms with E-state index in [0.717, 1.165) is 13.0 Å². The molecule has 1 rings (SSSR count). The van der Waals surface area contributed by atoms with E-state index in [1.165, 1.54) is 11.1 Å². The molecule has 3 nitrogen and oxygen atoms in total. The molecule has 1 atom stereocenters. The Hall–Kier alpha value is -0.900. The molecule has 0 bridgehead atoms. The zero-order valence-corrected chi connectivity index (χ0v) is 10.8. The number of benzene rings is 1. The van der Waals surface area contributed by atoms with E-state index >= 15 is 0 Å². The molecule has 17 heavy (non-hydrogen) atoms. The van der Waals surface area contributed by atoms with Crippen molar-refractivity contribution < 1.29 is 9.47 Å². The molecule has 96 valence electrons. The molecule has 1 aromatic carbocycles. The highest BCUT2D eigenvalue weighted by Crippen LogP contribution is 2.19. The summed E-state index contributed by atoms with van der Waals surface area (Å²) in [4.78, 5) is 0. The number of ether oxygens (including phenoxy) is 2. The van der Waals surface area contributed by atoms with Crippen molar-refractivity contribution >= 4 is 0 Å². The predicted octanol–water partition coefficient (Wildman–Crippen LogP) is 2.09. The Morgan fingerprint density at radius 1 is 1.24 bits per heavy atom. The molecule has 2 N–H and O–H groups in total. The molecule has 0 spiro atoms. The third kappa shape index (κ3) is 5.31. The first-order valence-electron chi connectivity index (χ1n) is 6.11. The van der Waals surface area contributed by atoms with E-state index in [0.29, 0.717) is 25.7 Å². The molecular formula is C14H23NO2. The van der Waals surface area contributed by atoms with Gasteiger partial charge in [0.25, 0.3) is 0 Å². The zero-order chi connectivity index (χ0) is 12.5. The van der Waals surface area contributed by atoms with Crippen LogP contribution in [0.15, 0.2) is 24.3 Å². The normalized spacial score (nSPS) is 12.6. The van der Waals surface area contributed by atoms with Crippen LogP contribution < -0.4 is 5.73 Å². The van der Waals surface area contributed by atoms with Gasteiger partial charge in [-0.25, -0.2) is 0 Å². The largest absolute Gasteiger partial charge is 0.382 e. The lowest BCUT2D eigenvalue weighted by atomic mass is 9.95. The molecule has 3 heteroatoms. The van der Waals surface area contributed by atoms with Crippen molar-refractivity contribution in [3.05, 3.63) is 35.4 Å². The fraction of sp³-hybridized carbons (Fsp3) is 0.571. The quantitative estimate of drug-likeness (QED) is 0.704. The fourth-order valence-corrected chi connectivity index (χ4v) is 1.81. The SMILES string of the molecule is COCCOCCC(CN)c1cccc(C)c1. The summed E-state index contributed by atoms with van der Waals surface area (Å²) in [6, 6.07) is 8.53. The van der Waals surface area contributed by atoms with Gasteiger partial charge >= 0.3 is 0 Å². The lowest BCUT2D eigenvalue weighted by molar-refractivity contribution is 0.0672. The first kappa shape index (κ1) is 14.2. The Kier molecular flexibility index (Phi) is 6.86. The van der Waals surface area contributed by atoms with Gasteiger partial charge in [-0.2, -0.15) is 0 Å². The van der Waals surface area contributed by atoms with Crippen LogP contribution in [0.5, 0.6) is 0 Å². The highest BCUT2D eigenvalue weighted by molar-refractivity contribution is 5.25. The first-order valence-corrected chi connectivity index (χ1v) is 6.11. The lowest BCUT2D eigenvalue weighted by Gasteiger charge is -2.15. The van der Waals surface area contributed by atoms with Crippen LogP contribution in [0.25, 0.3) is 0 Å². The molecule has 0 radical (unpaired) electrons. The Labute approximate surface area is 104 Å². The maximum Gasteiger partial charge on any atom is 0.0700 e. The Morgan fingerprint density at radius 2 is 2.06 bits per heavy atom. The van der Waals surface area contributed by atoms with Crippen molar-refractivity contribution in [3.63, 3.8) is 0 Å². The van der Waals surface area contributed by atoms with E-state index in [1.54, 1.807) is 7.11 Å². The van der Waals surface area contributed by atoms with E-state index in [1.807, 2.05) is 0 Å². The summed E-state index contributed by atoms with van der Waals surface area (Å²) < 4.78 is 10.4. The molecule has 0 amide bonds. The minimum absolute atomic E-state index is 0.387. The Bertz CT molecular complexity index is 315. The van der Waals surface area contributed by atoms with Gasteiger partial charge < -0.3 is 15.2 Å². The van der Waals surface area contributed by atoms with Gasteiger partial charge in [0.05, 0.1) is 13.2 Å². The number of hydrogen-bond donors (Lipinski definition) is 1. The number of nitrogens with two attached hydrogens (primary N) is 1. The van der Waals surface area contributed by atoms with Crippen LogP contribution in [0.2, 0.25) is 0 Å². The van der Waals surface area contributed by atoms with Gasteiger partial charge in [0.15, 0.2) is 0 Å². The van der Waals surface area contributed by atoms with Crippen LogP contribution in [0.4, 0.5) is 0 Å². The predicted molar refractivity (Wildman–Crippen MR) is 70.3 cm³/mol.